The number of nitrogens with zero attached hydrogens (tertiary/aromatic N) is 4. The van der Waals surface area contributed by atoms with Crippen LogP contribution in [0.5, 0.6) is 0 Å². The number of amides is 1. The fourth-order valence-electron chi connectivity index (χ4n) is 8.72. The number of carboxylic acid groups (broad SMARTS) is 1. The van der Waals surface area contributed by atoms with Crippen LogP contribution in [0.15, 0.2) is 60.9 Å². The molecule has 2 aliphatic carbocycles. The minimum absolute atomic E-state index is 0.0475. The van der Waals surface area contributed by atoms with Crippen LogP contribution >= 0.6 is 0 Å². The Bertz CT molecular complexity index is 2150. The fourth-order valence-corrected chi connectivity index (χ4v) is 8.72. The Balaban J connectivity index is 0.975. The number of nitrogens with one attached hydrogen (secondary N) is 1. The number of β-amino-alcohol motifs (C(OH)–C–C–N with tert-alkyl or cyclic N) is 1. The molecule has 10 nitrogen and oxygen atoms in total. The van der Waals surface area contributed by atoms with Gasteiger partial charge in [0.15, 0.2) is 5.78 Å². The van der Waals surface area contributed by atoms with Gasteiger partial charge < -0.3 is 15.5 Å². The zero-order valence-electron chi connectivity index (χ0n) is 32.1. The number of rotatable bonds is 13. The van der Waals surface area contributed by atoms with Gasteiger partial charge in [-0.1, -0.05) is 36.8 Å². The number of benzene rings is 2. The second-order valence-electron chi connectivity index (χ2n) is 16.7. The first-order chi connectivity index (χ1) is 26.4. The van der Waals surface area contributed by atoms with E-state index < -0.39 is 17.6 Å². The smallest absolute Gasteiger partial charge is 0.320 e. The van der Waals surface area contributed by atoms with E-state index in [1.54, 1.807) is 6.20 Å². The summed E-state index contributed by atoms with van der Waals surface area (Å²) in [5.74, 6) is -0.226. The number of piperidine rings is 1. The highest BCUT2D eigenvalue weighted by Gasteiger charge is 2.38. The van der Waals surface area contributed by atoms with E-state index in [2.05, 4.69) is 31.2 Å². The molecule has 8 rings (SSSR count). The molecule has 4 aliphatic rings. The molecular formula is C45H51N5O5. The summed E-state index contributed by atoms with van der Waals surface area (Å²) in [5.41, 5.74) is 10.2. The van der Waals surface area contributed by atoms with Crippen molar-refractivity contribution in [3.05, 3.63) is 111 Å². The molecule has 3 N–H and O–H groups in total. The van der Waals surface area contributed by atoms with Crippen molar-refractivity contribution in [2.45, 2.75) is 109 Å². The van der Waals surface area contributed by atoms with Crippen molar-refractivity contribution in [2.75, 3.05) is 25.0 Å². The van der Waals surface area contributed by atoms with Crippen molar-refractivity contribution in [1.29, 1.82) is 0 Å². The maximum Gasteiger partial charge on any atom is 0.320 e. The maximum atomic E-state index is 13.8. The number of hydrogen-bond donors (Lipinski definition) is 3. The minimum atomic E-state index is -0.770. The standard InChI is InChI=1S/C45H51N5O5/c1-27-31(18-42(51)39-19-36(29-13-14-29)33(22-46-39)24-50-17-5-4-12-41(50)44(53)54)8-6-9-34(27)35-10-7-11-38(28(35)2)48-43(52)40-20-37(30-15-16-30)32(21-47-40)23-49-25-45(3,55)26-49/h6-11,19-22,29-30,41,55H,4-5,12-18,23-26H2,1-3H3,(H,48,52)(H,53,54)/t41-/m0/s1. The molecule has 10 heteroatoms. The summed E-state index contributed by atoms with van der Waals surface area (Å²) in [6, 6.07) is 15.3. The quantitative estimate of drug-likeness (QED) is 0.122. The number of Topliss-reactive ketones (excluding diaryl/α,β-unsaturated/α-hetero) is 1. The molecule has 0 radical (unpaired) electrons. The summed E-state index contributed by atoms with van der Waals surface area (Å²) in [4.78, 5) is 52.8. The summed E-state index contributed by atoms with van der Waals surface area (Å²) < 4.78 is 0. The minimum Gasteiger partial charge on any atom is -0.480 e. The lowest BCUT2D eigenvalue weighted by Gasteiger charge is -2.44. The summed E-state index contributed by atoms with van der Waals surface area (Å²) in [6.07, 6.45) is 10.8. The van der Waals surface area contributed by atoms with Gasteiger partial charge in [-0.25, -0.2) is 0 Å². The van der Waals surface area contributed by atoms with Crippen molar-refractivity contribution >= 4 is 23.3 Å². The van der Waals surface area contributed by atoms with E-state index in [0.717, 1.165) is 96.1 Å². The Kier molecular flexibility index (Phi) is 10.2. The van der Waals surface area contributed by atoms with Crippen LogP contribution in [-0.2, 0) is 24.3 Å². The third kappa shape index (κ3) is 8.13. The van der Waals surface area contributed by atoms with Crippen LogP contribution in [0.25, 0.3) is 11.1 Å². The van der Waals surface area contributed by atoms with Gasteiger partial charge in [-0.05, 0) is 146 Å². The Morgan fingerprint density at radius 2 is 1.42 bits per heavy atom. The van der Waals surface area contributed by atoms with E-state index in [1.165, 1.54) is 5.56 Å². The molecule has 286 valence electrons. The Hall–Kier alpha value is -4.77. The van der Waals surface area contributed by atoms with E-state index >= 15 is 0 Å². The molecule has 4 heterocycles. The molecule has 0 unspecified atom stereocenters. The Morgan fingerprint density at radius 3 is 2.07 bits per heavy atom. The van der Waals surface area contributed by atoms with Gasteiger partial charge in [0.1, 0.15) is 17.4 Å². The molecule has 2 aliphatic heterocycles. The summed E-state index contributed by atoms with van der Waals surface area (Å²) in [7, 11) is 0. The van der Waals surface area contributed by atoms with Crippen LogP contribution in [0.1, 0.15) is 124 Å². The molecular weight excluding hydrogens is 691 g/mol. The van der Waals surface area contributed by atoms with Gasteiger partial charge in [-0.2, -0.15) is 0 Å². The highest BCUT2D eigenvalue weighted by molar-refractivity contribution is 6.04. The average Bonchev–Trinajstić information content (AvgIpc) is 4.08. The van der Waals surface area contributed by atoms with Crippen LogP contribution in [0.3, 0.4) is 0 Å². The van der Waals surface area contributed by atoms with Crippen LogP contribution in [0, 0.1) is 13.8 Å². The molecule has 0 spiro atoms. The van der Waals surface area contributed by atoms with Crippen LogP contribution in [0.4, 0.5) is 5.69 Å². The topological polar surface area (TPSA) is 136 Å². The summed E-state index contributed by atoms with van der Waals surface area (Å²) >= 11 is 0. The number of aromatic nitrogens is 2. The van der Waals surface area contributed by atoms with Gasteiger partial charge in [0.25, 0.3) is 5.91 Å². The number of hydrogen-bond acceptors (Lipinski definition) is 8. The second-order valence-corrected chi connectivity index (χ2v) is 16.7. The number of carbonyl (C=O) groups is 3. The molecule has 55 heavy (non-hydrogen) atoms. The lowest BCUT2D eigenvalue weighted by atomic mass is 9.90. The molecule has 2 aromatic carbocycles. The van der Waals surface area contributed by atoms with E-state index in [1.807, 2.05) is 69.4 Å². The zero-order valence-corrected chi connectivity index (χ0v) is 32.1. The monoisotopic (exact) mass is 741 g/mol. The predicted molar refractivity (Wildman–Crippen MR) is 211 cm³/mol. The second kappa shape index (κ2) is 15.0. The van der Waals surface area contributed by atoms with Gasteiger partial charge in [0.2, 0.25) is 0 Å². The number of anilines is 1. The number of aliphatic hydroxyl groups is 1. The van der Waals surface area contributed by atoms with Gasteiger partial charge >= 0.3 is 5.97 Å². The number of carbonyl (C=O) groups excluding carboxylic acids is 2. The SMILES string of the molecule is Cc1c(CC(=O)c2cc(C3CC3)c(CN3CCCC[C@H]3C(=O)O)cn2)cccc1-c1cccc(NC(=O)c2cc(C3CC3)c(CN3CC(C)(O)C3)cn2)c1C. The molecule has 1 atom stereocenters. The zero-order chi connectivity index (χ0) is 38.4. The molecule has 1 amide bonds. The molecule has 0 bridgehead atoms. The number of ketones is 1. The first-order valence-corrected chi connectivity index (χ1v) is 19.9. The third-order valence-corrected chi connectivity index (χ3v) is 12.1. The molecule has 4 aromatic rings. The normalized spacial score (nSPS) is 19.8. The number of pyridine rings is 2. The first-order valence-electron chi connectivity index (χ1n) is 19.9. The highest BCUT2D eigenvalue weighted by Crippen LogP contribution is 2.44. The number of carboxylic acids is 1. The Morgan fingerprint density at radius 1 is 0.800 bits per heavy atom. The average molecular weight is 742 g/mol. The van der Waals surface area contributed by atoms with Crippen molar-refractivity contribution in [3.8, 4) is 11.1 Å². The van der Waals surface area contributed by atoms with Gasteiger partial charge in [0.05, 0.1) is 5.60 Å². The van der Waals surface area contributed by atoms with Crippen molar-refractivity contribution in [2.24, 2.45) is 0 Å². The maximum absolute atomic E-state index is 13.8. The van der Waals surface area contributed by atoms with E-state index in [4.69, 9.17) is 0 Å². The lowest BCUT2D eigenvalue weighted by Crippen LogP contribution is -2.59. The van der Waals surface area contributed by atoms with Crippen molar-refractivity contribution in [3.63, 3.8) is 0 Å². The summed E-state index contributed by atoms with van der Waals surface area (Å²) in [5, 5.41) is 23.1. The van der Waals surface area contributed by atoms with Crippen molar-refractivity contribution in [1.82, 2.24) is 19.8 Å². The van der Waals surface area contributed by atoms with E-state index in [9.17, 15) is 24.6 Å². The lowest BCUT2D eigenvalue weighted by molar-refractivity contribution is -0.144. The number of aliphatic carboxylic acids is 1. The molecule has 2 saturated heterocycles. The molecule has 2 aromatic heterocycles. The van der Waals surface area contributed by atoms with Crippen LogP contribution < -0.4 is 5.32 Å². The van der Waals surface area contributed by atoms with Gasteiger partial charge in [-0.3, -0.25) is 34.2 Å². The van der Waals surface area contributed by atoms with Gasteiger partial charge in [0, 0.05) is 50.7 Å². The van der Waals surface area contributed by atoms with Crippen LogP contribution in [0.2, 0.25) is 0 Å². The molecule has 2 saturated carbocycles. The Labute approximate surface area is 323 Å². The third-order valence-electron chi connectivity index (χ3n) is 12.1. The largest absolute Gasteiger partial charge is 0.480 e. The summed E-state index contributed by atoms with van der Waals surface area (Å²) in [6.45, 7) is 9.19. The molecule has 4 fully saturated rings. The van der Waals surface area contributed by atoms with E-state index in [0.29, 0.717) is 55.0 Å². The van der Waals surface area contributed by atoms with Crippen molar-refractivity contribution < 1.29 is 24.6 Å². The van der Waals surface area contributed by atoms with E-state index in [-0.39, 0.29) is 18.1 Å². The first kappa shape index (κ1) is 37.2. The van der Waals surface area contributed by atoms with Crippen LogP contribution in [-0.4, -0.2) is 78.9 Å². The highest BCUT2D eigenvalue weighted by atomic mass is 16.4. The fraction of sp³-hybridized carbons (Fsp3) is 0.444. The van der Waals surface area contributed by atoms with Gasteiger partial charge in [-0.15, -0.1) is 0 Å². The number of likely N-dealkylation sites (tertiary alicyclic amines) is 2. The predicted octanol–water partition coefficient (Wildman–Crippen LogP) is 7.20.